The SMILES string of the molecule is COC(=O)CCNCc1ccccc1OC(F)F. The van der Waals surface area contributed by atoms with Gasteiger partial charge in [-0.15, -0.1) is 0 Å². The van der Waals surface area contributed by atoms with Gasteiger partial charge < -0.3 is 14.8 Å². The first-order chi connectivity index (χ1) is 8.63. The molecule has 0 saturated heterocycles. The van der Waals surface area contributed by atoms with Crippen LogP contribution in [0.15, 0.2) is 24.3 Å². The van der Waals surface area contributed by atoms with Gasteiger partial charge >= 0.3 is 12.6 Å². The maximum atomic E-state index is 12.1. The Kier molecular flexibility index (Phi) is 6.07. The Labute approximate surface area is 104 Å². The molecule has 0 unspecified atom stereocenters. The maximum absolute atomic E-state index is 12.1. The third-order valence-corrected chi connectivity index (χ3v) is 2.24. The topological polar surface area (TPSA) is 47.6 Å². The number of esters is 1. The Morgan fingerprint density at radius 2 is 2.11 bits per heavy atom. The van der Waals surface area contributed by atoms with E-state index in [1.165, 1.54) is 13.2 Å². The molecule has 0 heterocycles. The molecule has 0 fully saturated rings. The van der Waals surface area contributed by atoms with Gasteiger partial charge in [-0.1, -0.05) is 18.2 Å². The molecule has 0 aliphatic rings. The highest BCUT2D eigenvalue weighted by atomic mass is 19.3. The molecule has 0 aliphatic heterocycles. The second-order valence-electron chi connectivity index (χ2n) is 3.49. The molecule has 1 aromatic carbocycles. The normalized spacial score (nSPS) is 10.4. The van der Waals surface area contributed by atoms with Crippen LogP contribution in [0.1, 0.15) is 12.0 Å². The molecule has 0 bridgehead atoms. The van der Waals surface area contributed by atoms with Crippen LogP contribution in [-0.2, 0) is 16.1 Å². The van der Waals surface area contributed by atoms with Crippen molar-refractivity contribution >= 4 is 5.97 Å². The fourth-order valence-electron chi connectivity index (χ4n) is 1.38. The zero-order chi connectivity index (χ0) is 13.4. The fraction of sp³-hybridized carbons (Fsp3) is 0.417. The number of halogens is 2. The smallest absolute Gasteiger partial charge is 0.387 e. The third-order valence-electron chi connectivity index (χ3n) is 2.24. The van der Waals surface area contributed by atoms with E-state index in [2.05, 4.69) is 14.8 Å². The summed E-state index contributed by atoms with van der Waals surface area (Å²) in [6, 6.07) is 6.51. The first kappa shape index (κ1) is 14.4. The molecule has 4 nitrogen and oxygen atoms in total. The predicted molar refractivity (Wildman–Crippen MR) is 61.4 cm³/mol. The largest absolute Gasteiger partial charge is 0.469 e. The average molecular weight is 259 g/mol. The zero-order valence-corrected chi connectivity index (χ0v) is 9.99. The van der Waals surface area contributed by atoms with Crippen LogP contribution >= 0.6 is 0 Å². The standard InChI is InChI=1S/C12H15F2NO3/c1-17-11(16)6-7-15-8-9-4-2-3-5-10(9)18-12(13)14/h2-5,12,15H,6-8H2,1H3. The molecule has 6 heteroatoms. The summed E-state index contributed by atoms with van der Waals surface area (Å²) in [7, 11) is 1.31. The zero-order valence-electron chi connectivity index (χ0n) is 9.99. The van der Waals surface area contributed by atoms with E-state index in [1.807, 2.05) is 0 Å². The molecule has 0 radical (unpaired) electrons. The number of benzene rings is 1. The van der Waals surface area contributed by atoms with Gasteiger partial charge in [-0.2, -0.15) is 8.78 Å². The van der Waals surface area contributed by atoms with Crippen molar-refractivity contribution in [3.63, 3.8) is 0 Å². The van der Waals surface area contributed by atoms with Crippen molar-refractivity contribution in [1.29, 1.82) is 0 Å². The number of rotatable bonds is 7. The minimum Gasteiger partial charge on any atom is -0.469 e. The first-order valence-electron chi connectivity index (χ1n) is 5.43. The van der Waals surface area contributed by atoms with E-state index < -0.39 is 6.61 Å². The number of alkyl halides is 2. The predicted octanol–water partition coefficient (Wildman–Crippen LogP) is 1.94. The molecule has 0 saturated carbocycles. The van der Waals surface area contributed by atoms with E-state index >= 15 is 0 Å². The number of hydrogen-bond donors (Lipinski definition) is 1. The van der Waals surface area contributed by atoms with Crippen LogP contribution in [0, 0.1) is 0 Å². The van der Waals surface area contributed by atoms with Crippen LogP contribution in [0.2, 0.25) is 0 Å². The average Bonchev–Trinajstić information content (AvgIpc) is 2.35. The van der Waals surface area contributed by atoms with Gasteiger partial charge in [-0.25, -0.2) is 0 Å². The monoisotopic (exact) mass is 259 g/mol. The van der Waals surface area contributed by atoms with Gasteiger partial charge in [0.2, 0.25) is 0 Å². The molecule has 18 heavy (non-hydrogen) atoms. The molecule has 100 valence electrons. The highest BCUT2D eigenvalue weighted by Crippen LogP contribution is 2.19. The van der Waals surface area contributed by atoms with Gasteiger partial charge in [-0.05, 0) is 6.07 Å². The molecular formula is C12H15F2NO3. The highest BCUT2D eigenvalue weighted by molar-refractivity contribution is 5.69. The second kappa shape index (κ2) is 7.60. The Balaban J connectivity index is 2.43. The summed E-state index contributed by atoms with van der Waals surface area (Å²) >= 11 is 0. The summed E-state index contributed by atoms with van der Waals surface area (Å²) in [5.74, 6) is -0.183. The van der Waals surface area contributed by atoms with Gasteiger partial charge in [0.15, 0.2) is 0 Å². The van der Waals surface area contributed by atoms with E-state index in [0.29, 0.717) is 18.7 Å². The molecule has 0 aliphatic carbocycles. The number of para-hydroxylation sites is 1. The summed E-state index contributed by atoms with van der Waals surface area (Å²) in [6.07, 6.45) is 0.231. The molecular weight excluding hydrogens is 244 g/mol. The lowest BCUT2D eigenvalue weighted by atomic mass is 10.2. The number of nitrogens with one attached hydrogen (secondary N) is 1. The number of methoxy groups -OCH3 is 1. The van der Waals surface area contributed by atoms with Crippen molar-refractivity contribution in [2.75, 3.05) is 13.7 Å². The van der Waals surface area contributed by atoms with E-state index in [4.69, 9.17) is 0 Å². The minimum atomic E-state index is -2.85. The minimum absolute atomic E-state index is 0.137. The first-order valence-corrected chi connectivity index (χ1v) is 5.43. The molecule has 1 N–H and O–H groups in total. The van der Waals surface area contributed by atoms with Gasteiger partial charge in [0.1, 0.15) is 5.75 Å². The molecule has 0 spiro atoms. The van der Waals surface area contributed by atoms with Crippen molar-refractivity contribution in [2.45, 2.75) is 19.6 Å². The second-order valence-corrected chi connectivity index (χ2v) is 3.49. The summed E-state index contributed by atoms with van der Waals surface area (Å²) in [4.78, 5) is 10.8. The summed E-state index contributed by atoms with van der Waals surface area (Å²) in [5.41, 5.74) is 0.614. The van der Waals surface area contributed by atoms with E-state index in [1.54, 1.807) is 18.2 Å². The quantitative estimate of drug-likeness (QED) is 0.600. The van der Waals surface area contributed by atoms with Crippen LogP contribution in [0.3, 0.4) is 0 Å². The third kappa shape index (κ3) is 5.09. The van der Waals surface area contributed by atoms with Gasteiger partial charge in [0.25, 0.3) is 0 Å². The summed E-state index contributed by atoms with van der Waals surface area (Å²) in [6.45, 7) is -2.09. The van der Waals surface area contributed by atoms with E-state index in [0.717, 1.165) is 0 Å². The lowest BCUT2D eigenvalue weighted by Gasteiger charge is -2.11. The molecule has 0 atom stereocenters. The van der Waals surface area contributed by atoms with Crippen LogP contribution in [-0.4, -0.2) is 26.2 Å². The lowest BCUT2D eigenvalue weighted by Crippen LogP contribution is -2.19. The van der Waals surface area contributed by atoms with Gasteiger partial charge in [0, 0.05) is 18.7 Å². The molecule has 0 aromatic heterocycles. The number of ether oxygens (including phenoxy) is 2. The van der Waals surface area contributed by atoms with Crippen LogP contribution in [0.5, 0.6) is 5.75 Å². The number of carbonyl (C=O) groups excluding carboxylic acids is 1. The highest BCUT2D eigenvalue weighted by Gasteiger charge is 2.08. The number of hydrogen-bond acceptors (Lipinski definition) is 4. The lowest BCUT2D eigenvalue weighted by molar-refractivity contribution is -0.140. The van der Waals surface area contributed by atoms with Crippen LogP contribution < -0.4 is 10.1 Å². The van der Waals surface area contributed by atoms with Crippen molar-refractivity contribution in [2.24, 2.45) is 0 Å². The van der Waals surface area contributed by atoms with Crippen LogP contribution in [0.25, 0.3) is 0 Å². The summed E-state index contributed by atoms with van der Waals surface area (Å²) < 4.78 is 33.1. The number of carbonyl (C=O) groups is 1. The Bertz CT molecular complexity index is 385. The Hall–Kier alpha value is -1.69. The molecule has 1 rings (SSSR count). The molecule has 0 amide bonds. The molecule has 1 aromatic rings. The van der Waals surface area contributed by atoms with E-state index in [-0.39, 0.29) is 18.1 Å². The summed E-state index contributed by atoms with van der Waals surface area (Å²) in [5, 5.41) is 2.95. The van der Waals surface area contributed by atoms with Crippen molar-refractivity contribution in [3.05, 3.63) is 29.8 Å². The van der Waals surface area contributed by atoms with Crippen LogP contribution in [0.4, 0.5) is 8.78 Å². The fourth-order valence-corrected chi connectivity index (χ4v) is 1.38. The maximum Gasteiger partial charge on any atom is 0.387 e. The van der Waals surface area contributed by atoms with E-state index in [9.17, 15) is 13.6 Å². The van der Waals surface area contributed by atoms with Gasteiger partial charge in [0.05, 0.1) is 13.5 Å². The Morgan fingerprint density at radius 3 is 2.78 bits per heavy atom. The van der Waals surface area contributed by atoms with Crippen molar-refractivity contribution in [3.8, 4) is 5.75 Å². The van der Waals surface area contributed by atoms with Crippen molar-refractivity contribution in [1.82, 2.24) is 5.32 Å². The Morgan fingerprint density at radius 1 is 1.39 bits per heavy atom. The van der Waals surface area contributed by atoms with Gasteiger partial charge in [-0.3, -0.25) is 4.79 Å². The van der Waals surface area contributed by atoms with Crippen molar-refractivity contribution < 1.29 is 23.0 Å².